The van der Waals surface area contributed by atoms with Gasteiger partial charge in [0, 0.05) is 24.6 Å². The summed E-state index contributed by atoms with van der Waals surface area (Å²) in [6.07, 6.45) is 4.07. The number of nitrogens with zero attached hydrogens (tertiary/aromatic N) is 3. The molecule has 6 nitrogen and oxygen atoms in total. The zero-order chi connectivity index (χ0) is 11.7. The Morgan fingerprint density at radius 2 is 2.35 bits per heavy atom. The number of hydrogen-bond acceptors (Lipinski definition) is 6. The molecule has 1 saturated heterocycles. The summed E-state index contributed by atoms with van der Waals surface area (Å²) in [5.74, 6) is 0.929. The van der Waals surface area contributed by atoms with Gasteiger partial charge in [0.15, 0.2) is 0 Å². The Morgan fingerprint density at radius 1 is 1.41 bits per heavy atom. The van der Waals surface area contributed by atoms with Crippen LogP contribution < -0.4 is 5.73 Å². The number of hydrogen-bond donors (Lipinski definition) is 1. The first kappa shape index (κ1) is 10.4. The highest BCUT2D eigenvalue weighted by atomic mass is 16.5. The van der Waals surface area contributed by atoms with E-state index >= 15 is 0 Å². The molecule has 3 heterocycles. The van der Waals surface area contributed by atoms with Crippen LogP contribution in [0.5, 0.6) is 0 Å². The Morgan fingerprint density at radius 3 is 3.06 bits per heavy atom. The number of rotatable bonds is 2. The summed E-state index contributed by atoms with van der Waals surface area (Å²) < 4.78 is 10.5. The summed E-state index contributed by atoms with van der Waals surface area (Å²) in [6.45, 7) is 1.04. The predicted octanol–water partition coefficient (Wildman–Crippen LogP) is 0.706. The molecule has 1 aliphatic heterocycles. The van der Waals surface area contributed by atoms with Crippen LogP contribution in [-0.4, -0.2) is 28.3 Å². The first-order valence-corrected chi connectivity index (χ1v) is 5.39. The molecule has 3 rings (SSSR count). The molecule has 0 bridgehead atoms. The lowest BCUT2D eigenvalue weighted by atomic mass is 10.0. The molecule has 1 aliphatic rings. The van der Waals surface area contributed by atoms with Crippen LogP contribution in [0.1, 0.15) is 12.3 Å². The van der Waals surface area contributed by atoms with Gasteiger partial charge in [-0.15, -0.1) is 0 Å². The van der Waals surface area contributed by atoms with Crippen LogP contribution in [0, 0.1) is 0 Å². The highest BCUT2D eigenvalue weighted by Crippen LogP contribution is 2.27. The van der Waals surface area contributed by atoms with E-state index in [1.54, 1.807) is 12.4 Å². The third-order valence-corrected chi connectivity index (χ3v) is 2.82. The molecule has 0 radical (unpaired) electrons. The SMILES string of the molecule is NC1(c2nc(-c3cccnc3)no2)CCOC1. The van der Waals surface area contributed by atoms with Crippen LogP contribution >= 0.6 is 0 Å². The molecule has 0 aliphatic carbocycles. The summed E-state index contributed by atoms with van der Waals surface area (Å²) in [7, 11) is 0. The second kappa shape index (κ2) is 3.90. The summed E-state index contributed by atoms with van der Waals surface area (Å²) in [5, 5.41) is 3.91. The molecule has 17 heavy (non-hydrogen) atoms. The van der Waals surface area contributed by atoms with Gasteiger partial charge in [0.25, 0.3) is 0 Å². The van der Waals surface area contributed by atoms with Crippen LogP contribution in [0.2, 0.25) is 0 Å². The molecule has 6 heteroatoms. The van der Waals surface area contributed by atoms with Gasteiger partial charge in [-0.3, -0.25) is 4.98 Å². The first-order valence-electron chi connectivity index (χ1n) is 5.39. The van der Waals surface area contributed by atoms with Gasteiger partial charge in [0.2, 0.25) is 11.7 Å². The van der Waals surface area contributed by atoms with Gasteiger partial charge >= 0.3 is 0 Å². The fraction of sp³-hybridized carbons (Fsp3) is 0.364. The van der Waals surface area contributed by atoms with Crippen molar-refractivity contribution in [2.45, 2.75) is 12.0 Å². The normalized spacial score (nSPS) is 24.1. The maximum atomic E-state index is 6.13. The fourth-order valence-corrected chi connectivity index (χ4v) is 1.79. The lowest BCUT2D eigenvalue weighted by Gasteiger charge is -2.14. The van der Waals surface area contributed by atoms with E-state index in [0.717, 1.165) is 5.56 Å². The van der Waals surface area contributed by atoms with E-state index in [2.05, 4.69) is 15.1 Å². The van der Waals surface area contributed by atoms with Crippen molar-refractivity contribution in [2.75, 3.05) is 13.2 Å². The van der Waals surface area contributed by atoms with Gasteiger partial charge in [-0.2, -0.15) is 4.98 Å². The molecule has 2 aromatic heterocycles. The topological polar surface area (TPSA) is 87.1 Å². The second-order valence-electron chi connectivity index (χ2n) is 4.12. The van der Waals surface area contributed by atoms with Crippen molar-refractivity contribution >= 4 is 0 Å². The van der Waals surface area contributed by atoms with E-state index < -0.39 is 5.54 Å². The minimum atomic E-state index is -0.645. The largest absolute Gasteiger partial charge is 0.379 e. The first-order chi connectivity index (χ1) is 8.28. The van der Waals surface area contributed by atoms with Crippen molar-refractivity contribution in [2.24, 2.45) is 5.73 Å². The van der Waals surface area contributed by atoms with E-state index in [9.17, 15) is 0 Å². The van der Waals surface area contributed by atoms with Gasteiger partial charge < -0.3 is 15.0 Å². The number of aromatic nitrogens is 3. The Hall–Kier alpha value is -1.79. The van der Waals surface area contributed by atoms with Gasteiger partial charge in [0.1, 0.15) is 5.54 Å². The predicted molar refractivity (Wildman–Crippen MR) is 58.8 cm³/mol. The molecule has 2 aromatic rings. The molecule has 2 N–H and O–H groups in total. The lowest BCUT2D eigenvalue weighted by Crippen LogP contribution is -2.37. The van der Waals surface area contributed by atoms with E-state index in [-0.39, 0.29) is 0 Å². The highest BCUT2D eigenvalue weighted by Gasteiger charge is 2.38. The summed E-state index contributed by atoms with van der Waals surface area (Å²) in [6, 6.07) is 3.69. The second-order valence-corrected chi connectivity index (χ2v) is 4.12. The van der Waals surface area contributed by atoms with Crippen LogP contribution in [0.4, 0.5) is 0 Å². The Bertz CT molecular complexity index is 505. The van der Waals surface area contributed by atoms with Crippen molar-refractivity contribution in [3.8, 4) is 11.4 Å². The van der Waals surface area contributed by atoms with Gasteiger partial charge in [-0.25, -0.2) is 0 Å². The van der Waals surface area contributed by atoms with Crippen molar-refractivity contribution in [1.82, 2.24) is 15.1 Å². The average molecular weight is 232 g/mol. The summed E-state index contributed by atoms with van der Waals surface area (Å²) >= 11 is 0. The number of nitrogens with two attached hydrogens (primary N) is 1. The van der Waals surface area contributed by atoms with Crippen molar-refractivity contribution in [3.63, 3.8) is 0 Å². The van der Waals surface area contributed by atoms with E-state index in [0.29, 0.717) is 31.3 Å². The van der Waals surface area contributed by atoms with Crippen LogP contribution in [-0.2, 0) is 10.3 Å². The fourth-order valence-electron chi connectivity index (χ4n) is 1.79. The monoisotopic (exact) mass is 232 g/mol. The minimum absolute atomic E-state index is 0.418. The molecule has 1 unspecified atom stereocenters. The van der Waals surface area contributed by atoms with Crippen molar-refractivity contribution in [1.29, 1.82) is 0 Å². The van der Waals surface area contributed by atoms with Crippen LogP contribution in [0.3, 0.4) is 0 Å². The Kier molecular flexibility index (Phi) is 2.38. The molecular formula is C11H12N4O2. The van der Waals surface area contributed by atoms with Gasteiger partial charge in [-0.05, 0) is 18.6 Å². The molecule has 1 atom stereocenters. The Labute approximate surface area is 97.8 Å². The molecule has 88 valence electrons. The summed E-state index contributed by atoms with van der Waals surface area (Å²) in [4.78, 5) is 8.32. The van der Waals surface area contributed by atoms with E-state index in [4.69, 9.17) is 15.0 Å². The van der Waals surface area contributed by atoms with Crippen molar-refractivity contribution in [3.05, 3.63) is 30.4 Å². The van der Waals surface area contributed by atoms with Crippen LogP contribution in [0.15, 0.2) is 29.0 Å². The van der Waals surface area contributed by atoms with Gasteiger partial charge in [-0.1, -0.05) is 5.16 Å². The lowest BCUT2D eigenvalue weighted by molar-refractivity contribution is 0.166. The quantitative estimate of drug-likeness (QED) is 0.820. The molecule has 0 aromatic carbocycles. The highest BCUT2D eigenvalue weighted by molar-refractivity contribution is 5.52. The van der Waals surface area contributed by atoms with Crippen molar-refractivity contribution < 1.29 is 9.26 Å². The maximum Gasteiger partial charge on any atom is 0.249 e. The van der Waals surface area contributed by atoms with Crippen LogP contribution in [0.25, 0.3) is 11.4 Å². The van der Waals surface area contributed by atoms with E-state index in [1.165, 1.54) is 0 Å². The maximum absolute atomic E-state index is 6.13. The number of pyridine rings is 1. The standard InChI is InChI=1S/C11H12N4O2/c12-11(3-5-16-7-11)10-14-9(15-17-10)8-2-1-4-13-6-8/h1-2,4,6H,3,5,7,12H2. The third-order valence-electron chi connectivity index (χ3n) is 2.82. The summed E-state index contributed by atoms with van der Waals surface area (Å²) in [5.41, 5.74) is 6.30. The van der Waals surface area contributed by atoms with Gasteiger partial charge in [0.05, 0.1) is 6.61 Å². The molecule has 0 spiro atoms. The zero-order valence-electron chi connectivity index (χ0n) is 9.17. The molecular weight excluding hydrogens is 220 g/mol. The molecule has 0 amide bonds. The molecule has 0 saturated carbocycles. The minimum Gasteiger partial charge on any atom is -0.379 e. The zero-order valence-corrected chi connectivity index (χ0v) is 9.17. The van der Waals surface area contributed by atoms with E-state index in [1.807, 2.05) is 12.1 Å². The Balaban J connectivity index is 1.93. The smallest absolute Gasteiger partial charge is 0.249 e. The number of ether oxygens (including phenoxy) is 1. The molecule has 1 fully saturated rings. The average Bonchev–Trinajstić information content (AvgIpc) is 2.99. The third kappa shape index (κ3) is 1.81.